The van der Waals surface area contributed by atoms with Gasteiger partial charge >= 0.3 is 0 Å². The van der Waals surface area contributed by atoms with Crippen molar-refractivity contribution in [2.75, 3.05) is 13.2 Å². The van der Waals surface area contributed by atoms with Gasteiger partial charge in [0.05, 0.1) is 19.8 Å². The van der Waals surface area contributed by atoms with Crippen molar-refractivity contribution in [2.45, 2.75) is 38.3 Å². The first kappa shape index (κ1) is 17.3. The first-order valence-corrected chi connectivity index (χ1v) is 8.89. The Balaban J connectivity index is 1.50. The lowest BCUT2D eigenvalue weighted by Crippen LogP contribution is -2.25. The number of para-hydroxylation sites is 1. The van der Waals surface area contributed by atoms with Gasteiger partial charge in [0.15, 0.2) is 17.8 Å². The number of hydrogen-bond donors (Lipinski definition) is 2. The topological polar surface area (TPSA) is 85.2 Å². The number of fused-ring (bicyclic) bond motifs is 1. The minimum absolute atomic E-state index is 0.151. The van der Waals surface area contributed by atoms with Crippen molar-refractivity contribution in [3.63, 3.8) is 0 Å². The summed E-state index contributed by atoms with van der Waals surface area (Å²) >= 11 is 0. The molecule has 1 aliphatic rings. The van der Waals surface area contributed by atoms with Crippen LogP contribution in [0.1, 0.15) is 36.7 Å². The van der Waals surface area contributed by atoms with E-state index in [9.17, 15) is 10.2 Å². The summed E-state index contributed by atoms with van der Waals surface area (Å²) in [5.74, 6) is 1.44. The predicted octanol–water partition coefficient (Wildman–Crippen LogP) is 3.76. The van der Waals surface area contributed by atoms with Crippen molar-refractivity contribution in [1.82, 2.24) is 0 Å². The molecule has 1 aliphatic heterocycles. The van der Waals surface area contributed by atoms with Gasteiger partial charge < -0.3 is 28.5 Å². The van der Waals surface area contributed by atoms with Crippen LogP contribution >= 0.6 is 0 Å². The van der Waals surface area contributed by atoms with Crippen LogP contribution in [0.25, 0.3) is 22.5 Å². The molecule has 0 radical (unpaired) electrons. The second-order valence-electron chi connectivity index (χ2n) is 6.38. The third-order valence-corrected chi connectivity index (χ3v) is 4.61. The van der Waals surface area contributed by atoms with Crippen molar-refractivity contribution >= 4 is 11.0 Å². The summed E-state index contributed by atoms with van der Waals surface area (Å²) in [6.45, 7) is 1.24. The van der Waals surface area contributed by atoms with E-state index in [1.54, 1.807) is 12.1 Å². The van der Waals surface area contributed by atoms with E-state index in [1.165, 1.54) is 0 Å². The quantitative estimate of drug-likeness (QED) is 0.698. The first-order valence-electron chi connectivity index (χ1n) is 8.89. The van der Waals surface area contributed by atoms with Gasteiger partial charge in [-0.2, -0.15) is 0 Å². The van der Waals surface area contributed by atoms with Crippen LogP contribution in [0.2, 0.25) is 0 Å². The standard InChI is InChI=1S/C20H22O6/c21-12-14-13-4-1-2-5-16(13)26-20(14)18-8-7-17(25-18)15(22)6-9-19-23-10-3-11-24-19/h1-2,4-5,7-8,15,19,21-22H,3,6,9-12H2. The fraction of sp³-hybridized carbons (Fsp3) is 0.400. The number of benzene rings is 1. The van der Waals surface area contributed by atoms with Crippen LogP contribution in [0.4, 0.5) is 0 Å². The largest absolute Gasteiger partial charge is 0.455 e. The molecule has 0 saturated carbocycles. The zero-order valence-corrected chi connectivity index (χ0v) is 14.4. The monoisotopic (exact) mass is 358 g/mol. The molecule has 6 nitrogen and oxygen atoms in total. The highest BCUT2D eigenvalue weighted by atomic mass is 16.7. The summed E-state index contributed by atoms with van der Waals surface area (Å²) in [7, 11) is 0. The molecule has 6 heteroatoms. The summed E-state index contributed by atoms with van der Waals surface area (Å²) in [5, 5.41) is 21.0. The zero-order valence-electron chi connectivity index (χ0n) is 14.4. The van der Waals surface area contributed by atoms with E-state index in [0.717, 1.165) is 11.8 Å². The Morgan fingerprint density at radius 1 is 1.04 bits per heavy atom. The van der Waals surface area contributed by atoms with Crippen LogP contribution in [0, 0.1) is 0 Å². The van der Waals surface area contributed by atoms with E-state index >= 15 is 0 Å². The first-order chi connectivity index (χ1) is 12.8. The molecule has 1 fully saturated rings. The summed E-state index contributed by atoms with van der Waals surface area (Å²) < 4.78 is 22.6. The van der Waals surface area contributed by atoms with Gasteiger partial charge in [0.2, 0.25) is 0 Å². The molecule has 3 aromatic rings. The SMILES string of the molecule is OCc1c(-c2ccc(C(O)CCC3OCCCO3)o2)oc2ccccc12. The molecule has 1 unspecified atom stereocenters. The summed E-state index contributed by atoms with van der Waals surface area (Å²) in [6, 6.07) is 11.0. The van der Waals surface area contributed by atoms with E-state index in [4.69, 9.17) is 18.3 Å². The highest BCUT2D eigenvalue weighted by molar-refractivity contribution is 5.86. The van der Waals surface area contributed by atoms with E-state index in [1.807, 2.05) is 24.3 Å². The third-order valence-electron chi connectivity index (χ3n) is 4.61. The molecule has 0 spiro atoms. The van der Waals surface area contributed by atoms with E-state index in [0.29, 0.717) is 54.5 Å². The summed E-state index contributed by atoms with van der Waals surface area (Å²) in [5.41, 5.74) is 1.37. The summed E-state index contributed by atoms with van der Waals surface area (Å²) in [4.78, 5) is 0. The van der Waals surface area contributed by atoms with Crippen molar-refractivity contribution in [3.05, 3.63) is 47.7 Å². The molecule has 2 aromatic heterocycles. The van der Waals surface area contributed by atoms with Gasteiger partial charge in [-0.25, -0.2) is 0 Å². The number of aliphatic hydroxyl groups is 2. The Morgan fingerprint density at radius 3 is 2.65 bits per heavy atom. The lowest BCUT2D eigenvalue weighted by Gasteiger charge is -2.23. The molecule has 0 bridgehead atoms. The molecule has 3 heterocycles. The second kappa shape index (κ2) is 7.63. The number of rotatable bonds is 6. The molecule has 2 N–H and O–H groups in total. The van der Waals surface area contributed by atoms with Gasteiger partial charge in [0.1, 0.15) is 17.4 Å². The molecule has 26 heavy (non-hydrogen) atoms. The minimum atomic E-state index is -0.750. The molecule has 0 aliphatic carbocycles. The predicted molar refractivity (Wildman–Crippen MR) is 94.3 cm³/mol. The average Bonchev–Trinajstić information content (AvgIpc) is 3.31. The molecule has 4 rings (SSSR count). The van der Waals surface area contributed by atoms with Crippen LogP contribution in [-0.4, -0.2) is 29.7 Å². The maximum Gasteiger partial charge on any atom is 0.176 e. The lowest BCUT2D eigenvalue weighted by molar-refractivity contribution is -0.184. The van der Waals surface area contributed by atoms with Gasteiger partial charge in [-0.05, 0) is 31.0 Å². The maximum absolute atomic E-state index is 10.4. The molecule has 0 amide bonds. The van der Waals surface area contributed by atoms with Gasteiger partial charge in [0.25, 0.3) is 0 Å². The highest BCUT2D eigenvalue weighted by Gasteiger charge is 2.22. The van der Waals surface area contributed by atoms with Crippen LogP contribution in [0.3, 0.4) is 0 Å². The van der Waals surface area contributed by atoms with E-state index in [-0.39, 0.29) is 12.9 Å². The summed E-state index contributed by atoms with van der Waals surface area (Å²) in [6.07, 6.45) is 0.976. The molecule has 1 aromatic carbocycles. The number of hydrogen-bond acceptors (Lipinski definition) is 6. The van der Waals surface area contributed by atoms with Crippen LogP contribution in [0.5, 0.6) is 0 Å². The van der Waals surface area contributed by atoms with Crippen molar-refractivity contribution in [1.29, 1.82) is 0 Å². The van der Waals surface area contributed by atoms with E-state index < -0.39 is 6.10 Å². The average molecular weight is 358 g/mol. The van der Waals surface area contributed by atoms with Crippen molar-refractivity contribution < 1.29 is 28.5 Å². The van der Waals surface area contributed by atoms with Crippen LogP contribution in [-0.2, 0) is 16.1 Å². The Morgan fingerprint density at radius 2 is 1.85 bits per heavy atom. The molecule has 1 atom stereocenters. The Labute approximate surface area is 150 Å². The number of aliphatic hydroxyl groups excluding tert-OH is 2. The molecular weight excluding hydrogens is 336 g/mol. The van der Waals surface area contributed by atoms with Gasteiger partial charge in [-0.3, -0.25) is 0 Å². The maximum atomic E-state index is 10.4. The van der Waals surface area contributed by atoms with E-state index in [2.05, 4.69) is 0 Å². The fourth-order valence-electron chi connectivity index (χ4n) is 3.25. The number of ether oxygens (including phenoxy) is 2. The molecule has 1 saturated heterocycles. The fourth-order valence-corrected chi connectivity index (χ4v) is 3.25. The minimum Gasteiger partial charge on any atom is -0.455 e. The second-order valence-corrected chi connectivity index (χ2v) is 6.38. The Hall–Kier alpha value is -2.12. The molecule has 138 valence electrons. The lowest BCUT2D eigenvalue weighted by atomic mass is 10.1. The van der Waals surface area contributed by atoms with Crippen LogP contribution < -0.4 is 0 Å². The van der Waals surface area contributed by atoms with Crippen molar-refractivity contribution in [2.24, 2.45) is 0 Å². The van der Waals surface area contributed by atoms with Crippen LogP contribution in [0.15, 0.2) is 45.2 Å². The zero-order chi connectivity index (χ0) is 17.9. The normalized spacial score (nSPS) is 17.0. The van der Waals surface area contributed by atoms with Gasteiger partial charge in [-0.15, -0.1) is 0 Å². The van der Waals surface area contributed by atoms with Gasteiger partial charge in [0, 0.05) is 17.4 Å². The molecular formula is C20H22O6. The Kier molecular flexibility index (Phi) is 5.08. The van der Waals surface area contributed by atoms with Gasteiger partial charge in [-0.1, -0.05) is 18.2 Å². The van der Waals surface area contributed by atoms with Crippen molar-refractivity contribution in [3.8, 4) is 11.5 Å². The highest BCUT2D eigenvalue weighted by Crippen LogP contribution is 2.36. The third kappa shape index (κ3) is 3.41. The Bertz CT molecular complexity index is 858. The smallest absolute Gasteiger partial charge is 0.176 e. The number of furan rings is 2.